The molecule has 10 nitrogen and oxygen atoms in total. The maximum Gasteiger partial charge on any atom is 0.404 e. The highest BCUT2D eigenvalue weighted by molar-refractivity contribution is 5.67. The van der Waals surface area contributed by atoms with Crippen molar-refractivity contribution in [3.05, 3.63) is 71.2 Å². The highest BCUT2D eigenvalue weighted by Crippen LogP contribution is 2.30. The first-order valence-electron chi connectivity index (χ1n) is 11.6. The summed E-state index contributed by atoms with van der Waals surface area (Å²) < 4.78 is 49.6. The van der Waals surface area contributed by atoms with Crippen molar-refractivity contribution < 1.29 is 27.8 Å². The summed E-state index contributed by atoms with van der Waals surface area (Å²) in [6, 6.07) is 7.57. The number of aromatic nitrogens is 2. The molecule has 38 heavy (non-hydrogen) atoms. The predicted molar refractivity (Wildman–Crippen MR) is 133 cm³/mol. The maximum absolute atomic E-state index is 15.0. The zero-order valence-electron chi connectivity index (χ0n) is 20.2. The smallest absolute Gasteiger partial charge is 0.404 e. The lowest BCUT2D eigenvalue weighted by Gasteiger charge is -2.28. The summed E-state index contributed by atoms with van der Waals surface area (Å²) in [7, 11) is 0. The van der Waals surface area contributed by atoms with Crippen molar-refractivity contribution in [2.75, 3.05) is 41.8 Å². The van der Waals surface area contributed by atoms with Crippen LogP contribution in [-0.4, -0.2) is 53.5 Å². The van der Waals surface area contributed by atoms with Gasteiger partial charge in [-0.3, -0.25) is 0 Å². The summed E-state index contributed by atoms with van der Waals surface area (Å²) in [5, 5.41) is 26.4. The Hall–Kier alpha value is -4.57. The molecule has 13 heteroatoms. The molecule has 0 unspecified atom stereocenters. The van der Waals surface area contributed by atoms with E-state index in [2.05, 4.69) is 25.9 Å². The van der Waals surface area contributed by atoms with Crippen molar-refractivity contribution in [3.63, 3.8) is 0 Å². The molecule has 198 valence electrons. The van der Waals surface area contributed by atoms with Gasteiger partial charge in [0.05, 0.1) is 42.7 Å². The second kappa shape index (κ2) is 11.7. The Morgan fingerprint density at radius 2 is 1.87 bits per heavy atom. The van der Waals surface area contributed by atoms with Crippen molar-refractivity contribution in [1.29, 1.82) is 5.26 Å². The number of halogens is 3. The van der Waals surface area contributed by atoms with Gasteiger partial charge in [-0.05, 0) is 19.1 Å². The number of anilines is 4. The van der Waals surface area contributed by atoms with E-state index < -0.39 is 35.6 Å². The number of nitrogens with zero attached hydrogens (tertiary/aromatic N) is 4. The minimum absolute atomic E-state index is 0.0683. The van der Waals surface area contributed by atoms with Gasteiger partial charge in [0.1, 0.15) is 11.9 Å². The minimum atomic E-state index is -1.36. The van der Waals surface area contributed by atoms with Gasteiger partial charge in [-0.1, -0.05) is 18.2 Å². The molecule has 1 saturated heterocycles. The summed E-state index contributed by atoms with van der Waals surface area (Å²) in [4.78, 5) is 21.3. The first kappa shape index (κ1) is 26.5. The van der Waals surface area contributed by atoms with Crippen LogP contribution in [0.4, 0.5) is 41.1 Å². The molecular weight excluding hydrogens is 503 g/mol. The van der Waals surface area contributed by atoms with Gasteiger partial charge in [-0.25, -0.2) is 27.9 Å². The maximum atomic E-state index is 15.0. The molecule has 1 amide bonds. The summed E-state index contributed by atoms with van der Waals surface area (Å²) in [5.74, 6) is -2.51. The lowest BCUT2D eigenvalue weighted by Crippen LogP contribution is -2.39. The lowest BCUT2D eigenvalue weighted by molar-refractivity contribution is 0.122. The fourth-order valence-electron chi connectivity index (χ4n) is 4.04. The molecule has 4 N–H and O–H groups in total. The molecule has 2 aromatic heterocycles. The van der Waals surface area contributed by atoms with E-state index in [1.54, 1.807) is 11.0 Å². The van der Waals surface area contributed by atoms with Gasteiger partial charge >= 0.3 is 6.09 Å². The fraction of sp³-hybridized carbons (Fsp3) is 0.280. The summed E-state index contributed by atoms with van der Waals surface area (Å²) in [6.07, 6.45) is 0.0000594. The lowest BCUT2D eigenvalue weighted by atomic mass is 9.99. The summed E-state index contributed by atoms with van der Waals surface area (Å²) >= 11 is 0. The van der Waals surface area contributed by atoms with Crippen LogP contribution in [0.15, 0.2) is 42.6 Å². The number of morpholine rings is 1. The first-order chi connectivity index (χ1) is 18.3. The monoisotopic (exact) mass is 527 g/mol. The second-order valence-corrected chi connectivity index (χ2v) is 8.46. The third-order valence-electron chi connectivity index (χ3n) is 5.88. The van der Waals surface area contributed by atoms with Gasteiger partial charge in [-0.15, -0.1) is 0 Å². The molecule has 3 aromatic rings. The van der Waals surface area contributed by atoms with E-state index in [9.17, 15) is 23.2 Å². The number of pyridine rings is 2. The Labute approximate surface area is 216 Å². The number of rotatable bonds is 8. The Morgan fingerprint density at radius 1 is 1.13 bits per heavy atom. The van der Waals surface area contributed by atoms with Gasteiger partial charge in [0, 0.05) is 24.7 Å². The quantitative estimate of drug-likeness (QED) is 0.341. The van der Waals surface area contributed by atoms with E-state index in [0.29, 0.717) is 26.3 Å². The van der Waals surface area contributed by atoms with Crippen LogP contribution in [0, 0.1) is 28.8 Å². The van der Waals surface area contributed by atoms with Crippen LogP contribution in [0.1, 0.15) is 24.1 Å². The average molecular weight is 528 g/mol. The van der Waals surface area contributed by atoms with Gasteiger partial charge in [0.15, 0.2) is 29.1 Å². The van der Waals surface area contributed by atoms with Gasteiger partial charge in [0.25, 0.3) is 0 Å². The fourth-order valence-corrected chi connectivity index (χ4v) is 4.04. The van der Waals surface area contributed by atoms with Gasteiger partial charge in [-0.2, -0.15) is 5.26 Å². The number of hydrogen-bond acceptors (Lipinski definition) is 8. The minimum Gasteiger partial charge on any atom is -0.465 e. The Balaban J connectivity index is 1.64. The Morgan fingerprint density at radius 3 is 2.53 bits per heavy atom. The molecular formula is C25H24F3N7O3. The molecule has 1 aliphatic heterocycles. The van der Waals surface area contributed by atoms with Crippen molar-refractivity contribution in [1.82, 2.24) is 15.3 Å². The molecule has 0 radical (unpaired) electrons. The summed E-state index contributed by atoms with van der Waals surface area (Å²) in [5.41, 5.74) is 0.0521. The van der Waals surface area contributed by atoms with Crippen LogP contribution >= 0.6 is 0 Å². The molecule has 0 saturated carbocycles. The van der Waals surface area contributed by atoms with Gasteiger partial charge in [0.2, 0.25) is 0 Å². The van der Waals surface area contributed by atoms with E-state index in [-0.39, 0.29) is 34.3 Å². The highest BCUT2D eigenvalue weighted by atomic mass is 19.1. The Kier molecular flexibility index (Phi) is 8.12. The van der Waals surface area contributed by atoms with Crippen LogP contribution in [0.25, 0.3) is 0 Å². The number of ether oxygens (including phenoxy) is 1. The predicted octanol–water partition coefficient (Wildman–Crippen LogP) is 4.16. The number of nitriles is 1. The second-order valence-electron chi connectivity index (χ2n) is 8.46. The number of carboxylic acid groups (broad SMARTS) is 1. The SMILES string of the molecule is C[C@H](NC(=O)O)[C@H](Nc1nc(Nc2cnc(N3CCOCC3)c(F)c2)c(C#N)cc1F)c1ccccc1F. The van der Waals surface area contributed by atoms with Crippen LogP contribution in [-0.2, 0) is 4.74 Å². The molecule has 1 fully saturated rings. The van der Waals surface area contributed by atoms with Crippen molar-refractivity contribution >= 4 is 29.2 Å². The highest BCUT2D eigenvalue weighted by Gasteiger charge is 2.26. The topological polar surface area (TPSA) is 135 Å². The van der Waals surface area contributed by atoms with Crippen molar-refractivity contribution in [3.8, 4) is 6.07 Å². The number of carbonyl (C=O) groups is 1. The van der Waals surface area contributed by atoms with E-state index in [1.807, 2.05) is 6.07 Å². The molecule has 3 heterocycles. The van der Waals surface area contributed by atoms with E-state index in [0.717, 1.165) is 6.07 Å². The zero-order chi connectivity index (χ0) is 27.2. The zero-order valence-corrected chi connectivity index (χ0v) is 20.2. The van der Waals surface area contributed by atoms with E-state index >= 15 is 0 Å². The number of nitrogens with one attached hydrogen (secondary N) is 3. The van der Waals surface area contributed by atoms with Gasteiger partial charge < -0.3 is 30.7 Å². The summed E-state index contributed by atoms with van der Waals surface area (Å²) in [6.45, 7) is 3.36. The molecule has 0 spiro atoms. The third-order valence-corrected chi connectivity index (χ3v) is 5.88. The van der Waals surface area contributed by atoms with Crippen LogP contribution in [0.5, 0.6) is 0 Å². The van der Waals surface area contributed by atoms with Crippen molar-refractivity contribution in [2.24, 2.45) is 0 Å². The van der Waals surface area contributed by atoms with E-state index in [1.165, 1.54) is 37.4 Å². The third kappa shape index (κ3) is 6.04. The van der Waals surface area contributed by atoms with Crippen LogP contribution in [0.3, 0.4) is 0 Å². The standard InChI is InChI=1S/C25H24F3N7O3/c1-14(31-25(36)37)21(17-4-2-3-5-18(17)26)33-23-19(27)10-15(12-29)22(34-23)32-16-11-20(28)24(30-13-16)35-6-8-38-9-7-35/h2-5,10-11,13-14,21,31H,6-9H2,1H3,(H,36,37)(H2,32,33,34)/t14-,21-/m0/s1. The molecule has 4 rings (SSSR count). The normalized spacial score (nSPS) is 14.8. The largest absolute Gasteiger partial charge is 0.465 e. The van der Waals surface area contributed by atoms with Crippen LogP contribution < -0.4 is 20.9 Å². The Bertz CT molecular complexity index is 1360. The molecule has 2 atom stereocenters. The van der Waals surface area contributed by atoms with E-state index in [4.69, 9.17) is 9.84 Å². The first-order valence-corrected chi connectivity index (χ1v) is 11.6. The number of amides is 1. The molecule has 1 aliphatic rings. The molecule has 1 aromatic carbocycles. The van der Waals surface area contributed by atoms with Crippen LogP contribution in [0.2, 0.25) is 0 Å². The number of hydrogen-bond donors (Lipinski definition) is 4. The van der Waals surface area contributed by atoms with Crippen molar-refractivity contribution in [2.45, 2.75) is 19.0 Å². The molecule has 0 aliphatic carbocycles. The average Bonchev–Trinajstić information content (AvgIpc) is 2.89. The number of benzene rings is 1. The molecule has 0 bridgehead atoms.